The first-order valence-electron chi connectivity index (χ1n) is 4.78. The molecule has 2 aromatic rings. The van der Waals surface area contributed by atoms with Crippen LogP contribution in [-0.4, -0.2) is 9.97 Å². The normalized spacial score (nSPS) is 12.4. The Morgan fingerprint density at radius 2 is 1.81 bits per heavy atom. The number of hydrazine groups is 1. The highest BCUT2D eigenvalue weighted by molar-refractivity contribution is 5.29. The van der Waals surface area contributed by atoms with Crippen molar-refractivity contribution in [2.45, 2.75) is 6.04 Å². The number of aromatic nitrogens is 2. The molecule has 16 heavy (non-hydrogen) atoms. The molecule has 3 N–H and O–H groups in total. The minimum absolute atomic E-state index is 0.387. The van der Waals surface area contributed by atoms with Gasteiger partial charge in [-0.1, -0.05) is 0 Å². The summed E-state index contributed by atoms with van der Waals surface area (Å²) in [4.78, 5) is 7.60. The summed E-state index contributed by atoms with van der Waals surface area (Å²) in [6.45, 7) is 0. The summed E-state index contributed by atoms with van der Waals surface area (Å²) in [5.74, 6) is 5.06. The van der Waals surface area contributed by atoms with Gasteiger partial charge in [-0.2, -0.15) is 0 Å². The van der Waals surface area contributed by atoms with Gasteiger partial charge in [-0.05, 0) is 23.8 Å². The number of halogens is 1. The number of nitrogens with two attached hydrogens (primary N) is 1. The molecule has 0 aromatic carbocycles. The second kappa shape index (κ2) is 4.78. The van der Waals surface area contributed by atoms with Crippen LogP contribution in [0.3, 0.4) is 0 Å². The molecule has 0 aliphatic heterocycles. The van der Waals surface area contributed by atoms with Gasteiger partial charge in [0.2, 0.25) is 0 Å². The molecule has 2 heterocycles. The topological polar surface area (TPSA) is 63.8 Å². The fraction of sp³-hybridized carbons (Fsp3) is 0.0909. The lowest BCUT2D eigenvalue weighted by molar-refractivity contribution is 0.555. The molecule has 0 amide bonds. The highest BCUT2D eigenvalue weighted by atomic mass is 19.1. The summed E-state index contributed by atoms with van der Waals surface area (Å²) in [5, 5.41) is 0. The molecule has 1 unspecified atom stereocenters. The van der Waals surface area contributed by atoms with Crippen LogP contribution in [0.5, 0.6) is 0 Å². The molecule has 0 fully saturated rings. The molecule has 4 nitrogen and oxygen atoms in total. The summed E-state index contributed by atoms with van der Waals surface area (Å²) < 4.78 is 13.5. The summed E-state index contributed by atoms with van der Waals surface area (Å²) in [5.41, 5.74) is 3.89. The monoisotopic (exact) mass is 218 g/mol. The first-order valence-corrected chi connectivity index (χ1v) is 4.78. The maximum atomic E-state index is 13.5. The number of nitrogens with one attached hydrogen (secondary N) is 1. The van der Waals surface area contributed by atoms with Crippen LogP contribution in [0.1, 0.15) is 17.2 Å². The second-order valence-electron chi connectivity index (χ2n) is 3.28. The maximum absolute atomic E-state index is 13.5. The lowest BCUT2D eigenvalue weighted by Gasteiger charge is -2.16. The van der Waals surface area contributed by atoms with Gasteiger partial charge in [0, 0.05) is 24.2 Å². The van der Waals surface area contributed by atoms with Crippen molar-refractivity contribution in [3.05, 3.63) is 59.9 Å². The minimum Gasteiger partial charge on any atom is -0.271 e. The van der Waals surface area contributed by atoms with Crippen molar-refractivity contribution in [1.82, 2.24) is 15.4 Å². The zero-order valence-corrected chi connectivity index (χ0v) is 8.47. The van der Waals surface area contributed by atoms with Crippen molar-refractivity contribution >= 4 is 0 Å². The average molecular weight is 218 g/mol. The molecule has 2 aromatic heterocycles. The highest BCUT2D eigenvalue weighted by Gasteiger charge is 2.15. The van der Waals surface area contributed by atoms with Crippen molar-refractivity contribution in [2.75, 3.05) is 0 Å². The van der Waals surface area contributed by atoms with Gasteiger partial charge >= 0.3 is 0 Å². The van der Waals surface area contributed by atoms with Crippen LogP contribution in [-0.2, 0) is 0 Å². The average Bonchev–Trinajstić information content (AvgIpc) is 2.34. The Labute approximate surface area is 92.3 Å². The Hall–Kier alpha value is -1.85. The van der Waals surface area contributed by atoms with E-state index in [1.54, 1.807) is 30.6 Å². The van der Waals surface area contributed by atoms with E-state index in [0.717, 1.165) is 5.56 Å². The van der Waals surface area contributed by atoms with E-state index >= 15 is 0 Å². The molecule has 82 valence electrons. The molecule has 0 spiro atoms. The second-order valence-corrected chi connectivity index (χ2v) is 3.28. The molecule has 0 radical (unpaired) electrons. The predicted molar refractivity (Wildman–Crippen MR) is 57.6 cm³/mol. The zero-order valence-electron chi connectivity index (χ0n) is 8.47. The quantitative estimate of drug-likeness (QED) is 0.599. The van der Waals surface area contributed by atoms with Gasteiger partial charge in [0.05, 0.1) is 12.2 Å². The Kier molecular flexibility index (Phi) is 3.19. The Morgan fingerprint density at radius 1 is 1.12 bits per heavy atom. The number of hydrogen-bond donors (Lipinski definition) is 2. The molecule has 0 bridgehead atoms. The predicted octanol–water partition coefficient (Wildman–Crippen LogP) is 1.17. The van der Waals surface area contributed by atoms with Gasteiger partial charge in [0.1, 0.15) is 5.82 Å². The standard InChI is InChI=1S/C11H11FN4/c12-10-7-15-6-3-9(10)11(16-13)8-1-4-14-5-2-8/h1-7,11,16H,13H2. The summed E-state index contributed by atoms with van der Waals surface area (Å²) in [6, 6.07) is 4.76. The Balaban J connectivity index is 2.41. The van der Waals surface area contributed by atoms with Gasteiger partial charge < -0.3 is 0 Å². The summed E-state index contributed by atoms with van der Waals surface area (Å²) in [6.07, 6.45) is 5.97. The van der Waals surface area contributed by atoms with Gasteiger partial charge in [-0.3, -0.25) is 15.8 Å². The van der Waals surface area contributed by atoms with Crippen molar-refractivity contribution in [3.8, 4) is 0 Å². The van der Waals surface area contributed by atoms with E-state index in [0.29, 0.717) is 5.56 Å². The van der Waals surface area contributed by atoms with E-state index in [2.05, 4.69) is 15.4 Å². The summed E-state index contributed by atoms with van der Waals surface area (Å²) >= 11 is 0. The third-order valence-electron chi connectivity index (χ3n) is 2.32. The Morgan fingerprint density at radius 3 is 2.44 bits per heavy atom. The molecule has 1 atom stereocenters. The Bertz CT molecular complexity index is 461. The lowest BCUT2D eigenvalue weighted by atomic mass is 10.0. The van der Waals surface area contributed by atoms with E-state index in [4.69, 9.17) is 5.84 Å². The smallest absolute Gasteiger partial charge is 0.146 e. The highest BCUT2D eigenvalue weighted by Crippen LogP contribution is 2.22. The van der Waals surface area contributed by atoms with Gasteiger partial charge in [0.15, 0.2) is 0 Å². The minimum atomic E-state index is -0.397. The number of nitrogens with zero attached hydrogens (tertiary/aromatic N) is 2. The maximum Gasteiger partial charge on any atom is 0.146 e. The fourth-order valence-corrected chi connectivity index (χ4v) is 1.54. The molecule has 0 aliphatic rings. The third kappa shape index (κ3) is 2.05. The van der Waals surface area contributed by atoms with E-state index in [-0.39, 0.29) is 5.82 Å². The molecule has 0 saturated carbocycles. The van der Waals surface area contributed by atoms with Crippen LogP contribution < -0.4 is 11.3 Å². The summed E-state index contributed by atoms with van der Waals surface area (Å²) in [7, 11) is 0. The van der Waals surface area contributed by atoms with Crippen LogP contribution in [0.4, 0.5) is 4.39 Å². The van der Waals surface area contributed by atoms with Gasteiger partial charge in [0.25, 0.3) is 0 Å². The van der Waals surface area contributed by atoms with Crippen LogP contribution in [0.2, 0.25) is 0 Å². The van der Waals surface area contributed by atoms with E-state index in [9.17, 15) is 4.39 Å². The van der Waals surface area contributed by atoms with Gasteiger partial charge in [-0.25, -0.2) is 9.82 Å². The largest absolute Gasteiger partial charge is 0.271 e. The molecular formula is C11H11FN4. The van der Waals surface area contributed by atoms with Crippen molar-refractivity contribution in [1.29, 1.82) is 0 Å². The third-order valence-corrected chi connectivity index (χ3v) is 2.32. The first kappa shape index (κ1) is 10.7. The molecule has 2 rings (SSSR count). The molecule has 0 aliphatic carbocycles. The fourth-order valence-electron chi connectivity index (χ4n) is 1.54. The van der Waals surface area contributed by atoms with Crippen LogP contribution >= 0.6 is 0 Å². The van der Waals surface area contributed by atoms with Crippen LogP contribution in [0.15, 0.2) is 43.0 Å². The van der Waals surface area contributed by atoms with E-state index in [1.807, 2.05) is 0 Å². The van der Waals surface area contributed by atoms with Gasteiger partial charge in [-0.15, -0.1) is 0 Å². The lowest BCUT2D eigenvalue weighted by Crippen LogP contribution is -2.29. The SMILES string of the molecule is NNC(c1ccncc1)c1ccncc1F. The number of pyridine rings is 2. The molecular weight excluding hydrogens is 207 g/mol. The van der Waals surface area contributed by atoms with Crippen molar-refractivity contribution in [2.24, 2.45) is 5.84 Å². The van der Waals surface area contributed by atoms with Crippen molar-refractivity contribution < 1.29 is 4.39 Å². The number of hydrogen-bond acceptors (Lipinski definition) is 4. The first-order chi connectivity index (χ1) is 7.83. The van der Waals surface area contributed by atoms with Crippen LogP contribution in [0.25, 0.3) is 0 Å². The van der Waals surface area contributed by atoms with E-state index in [1.165, 1.54) is 12.4 Å². The number of rotatable bonds is 3. The van der Waals surface area contributed by atoms with E-state index < -0.39 is 6.04 Å². The zero-order chi connectivity index (χ0) is 11.4. The molecule has 5 heteroatoms. The molecule has 0 saturated heterocycles. The van der Waals surface area contributed by atoms with Crippen molar-refractivity contribution in [3.63, 3.8) is 0 Å². The van der Waals surface area contributed by atoms with Crippen LogP contribution in [0, 0.1) is 5.82 Å².